The van der Waals surface area contributed by atoms with Gasteiger partial charge in [-0.15, -0.1) is 0 Å². The molecule has 0 saturated heterocycles. The predicted molar refractivity (Wildman–Crippen MR) is 58.0 cm³/mol. The van der Waals surface area contributed by atoms with Crippen molar-refractivity contribution >= 4 is 7.12 Å². The van der Waals surface area contributed by atoms with Gasteiger partial charge >= 0.3 is 7.12 Å². The van der Waals surface area contributed by atoms with Gasteiger partial charge in [-0.25, -0.2) is 0 Å². The highest BCUT2D eigenvalue weighted by atomic mass is 16.6. The minimum Gasteiger partial charge on any atom is -0.414 e. The summed E-state index contributed by atoms with van der Waals surface area (Å²) >= 11 is 0. The van der Waals surface area contributed by atoms with Crippen molar-refractivity contribution in [2.24, 2.45) is 0 Å². The van der Waals surface area contributed by atoms with Gasteiger partial charge in [-0.3, -0.25) is 0 Å². The Morgan fingerprint density at radius 1 is 0.846 bits per heavy atom. The zero-order chi connectivity index (χ0) is 9.94. The highest BCUT2D eigenvalue weighted by Crippen LogP contribution is 2.09. The molecule has 0 aliphatic carbocycles. The van der Waals surface area contributed by atoms with Crippen LogP contribution in [0.2, 0.25) is 6.32 Å². The second-order valence-electron chi connectivity index (χ2n) is 3.46. The summed E-state index contributed by atoms with van der Waals surface area (Å²) in [6.45, 7) is 2.24. The Balaban J connectivity index is 3.05. The SMILES string of the molecule is CCCCCCCCB(OC)OC. The van der Waals surface area contributed by atoms with Gasteiger partial charge in [0.15, 0.2) is 0 Å². The Kier molecular flexibility index (Phi) is 10.1. The first-order chi connectivity index (χ1) is 6.35. The van der Waals surface area contributed by atoms with E-state index in [2.05, 4.69) is 6.92 Å². The van der Waals surface area contributed by atoms with Gasteiger partial charge in [0.05, 0.1) is 0 Å². The van der Waals surface area contributed by atoms with Crippen LogP contribution in [0, 0.1) is 0 Å². The Morgan fingerprint density at radius 2 is 1.38 bits per heavy atom. The molecule has 0 bridgehead atoms. The van der Waals surface area contributed by atoms with Gasteiger partial charge in [-0.1, -0.05) is 45.4 Å². The van der Waals surface area contributed by atoms with Gasteiger partial charge < -0.3 is 9.31 Å². The van der Waals surface area contributed by atoms with E-state index in [4.69, 9.17) is 9.31 Å². The van der Waals surface area contributed by atoms with E-state index in [0.29, 0.717) is 0 Å². The van der Waals surface area contributed by atoms with E-state index < -0.39 is 0 Å². The summed E-state index contributed by atoms with van der Waals surface area (Å²) in [5.41, 5.74) is 0. The maximum Gasteiger partial charge on any atom is 0.456 e. The van der Waals surface area contributed by atoms with Gasteiger partial charge in [0, 0.05) is 14.2 Å². The maximum atomic E-state index is 5.10. The van der Waals surface area contributed by atoms with Crippen LogP contribution >= 0.6 is 0 Å². The average Bonchev–Trinajstić information content (AvgIpc) is 2.17. The van der Waals surface area contributed by atoms with Crippen molar-refractivity contribution < 1.29 is 9.31 Å². The average molecular weight is 186 g/mol. The lowest BCUT2D eigenvalue weighted by Gasteiger charge is -2.07. The van der Waals surface area contributed by atoms with E-state index in [9.17, 15) is 0 Å². The number of hydrogen-bond donors (Lipinski definition) is 0. The van der Waals surface area contributed by atoms with E-state index in [1.54, 1.807) is 14.2 Å². The molecule has 0 amide bonds. The molecule has 13 heavy (non-hydrogen) atoms. The molecule has 2 nitrogen and oxygen atoms in total. The topological polar surface area (TPSA) is 18.5 Å². The van der Waals surface area contributed by atoms with Crippen molar-refractivity contribution in [2.75, 3.05) is 14.2 Å². The van der Waals surface area contributed by atoms with E-state index in [0.717, 1.165) is 6.32 Å². The van der Waals surface area contributed by atoms with Crippen LogP contribution in [-0.2, 0) is 9.31 Å². The first kappa shape index (κ1) is 13.0. The van der Waals surface area contributed by atoms with Crippen LogP contribution in [0.4, 0.5) is 0 Å². The molecular weight excluding hydrogens is 163 g/mol. The largest absolute Gasteiger partial charge is 0.456 e. The van der Waals surface area contributed by atoms with Gasteiger partial charge in [-0.05, 0) is 6.32 Å². The molecule has 0 spiro atoms. The number of hydrogen-bond acceptors (Lipinski definition) is 2. The zero-order valence-electron chi connectivity index (χ0n) is 9.34. The molecule has 0 aliphatic heterocycles. The lowest BCUT2D eigenvalue weighted by Crippen LogP contribution is -2.18. The smallest absolute Gasteiger partial charge is 0.414 e. The van der Waals surface area contributed by atoms with Gasteiger partial charge in [0.25, 0.3) is 0 Å². The summed E-state index contributed by atoms with van der Waals surface area (Å²) in [6, 6.07) is 0. The summed E-state index contributed by atoms with van der Waals surface area (Å²) in [7, 11) is 3.41. The van der Waals surface area contributed by atoms with Gasteiger partial charge in [-0.2, -0.15) is 0 Å². The third-order valence-corrected chi connectivity index (χ3v) is 2.32. The minimum absolute atomic E-state index is 0.00572. The van der Waals surface area contributed by atoms with Crippen molar-refractivity contribution in [1.29, 1.82) is 0 Å². The lowest BCUT2D eigenvalue weighted by atomic mass is 9.82. The number of rotatable bonds is 9. The monoisotopic (exact) mass is 186 g/mol. The second-order valence-corrected chi connectivity index (χ2v) is 3.46. The molecule has 0 aromatic carbocycles. The molecule has 0 saturated carbocycles. The Morgan fingerprint density at radius 3 is 1.92 bits per heavy atom. The summed E-state index contributed by atoms with van der Waals surface area (Å²) in [5, 5.41) is 0. The van der Waals surface area contributed by atoms with Crippen molar-refractivity contribution in [2.45, 2.75) is 51.8 Å². The molecule has 0 aliphatic rings. The molecule has 0 fully saturated rings. The maximum absolute atomic E-state index is 5.10. The predicted octanol–water partition coefficient (Wildman–Crippen LogP) is 3.13. The fraction of sp³-hybridized carbons (Fsp3) is 1.00. The van der Waals surface area contributed by atoms with Crippen LogP contribution < -0.4 is 0 Å². The van der Waals surface area contributed by atoms with Crippen molar-refractivity contribution in [3.63, 3.8) is 0 Å². The molecule has 78 valence electrons. The van der Waals surface area contributed by atoms with Crippen LogP contribution in [0.5, 0.6) is 0 Å². The zero-order valence-corrected chi connectivity index (χ0v) is 9.34. The normalized spacial score (nSPS) is 10.4. The molecule has 0 heterocycles. The highest BCUT2D eigenvalue weighted by molar-refractivity contribution is 6.44. The molecule has 3 heteroatoms. The summed E-state index contributed by atoms with van der Waals surface area (Å²) in [4.78, 5) is 0. The van der Waals surface area contributed by atoms with Crippen molar-refractivity contribution in [3.05, 3.63) is 0 Å². The molecule has 0 unspecified atom stereocenters. The van der Waals surface area contributed by atoms with E-state index in [1.165, 1.54) is 38.5 Å². The van der Waals surface area contributed by atoms with Crippen molar-refractivity contribution in [3.8, 4) is 0 Å². The quantitative estimate of drug-likeness (QED) is 0.406. The van der Waals surface area contributed by atoms with E-state index >= 15 is 0 Å². The highest BCUT2D eigenvalue weighted by Gasteiger charge is 2.12. The standard InChI is InChI=1S/C10H23BO2/c1-4-5-6-7-8-9-10-11(12-2)13-3/h4-10H2,1-3H3. The third kappa shape index (κ3) is 8.32. The third-order valence-electron chi connectivity index (χ3n) is 2.32. The van der Waals surface area contributed by atoms with Crippen LogP contribution in [0.25, 0.3) is 0 Å². The molecule has 0 aromatic rings. The molecule has 0 atom stereocenters. The molecule has 0 rings (SSSR count). The Hall–Kier alpha value is -0.0151. The van der Waals surface area contributed by atoms with E-state index in [-0.39, 0.29) is 7.12 Å². The van der Waals surface area contributed by atoms with E-state index in [1.807, 2.05) is 0 Å². The second kappa shape index (κ2) is 10.1. The summed E-state index contributed by atoms with van der Waals surface area (Å²) in [6.07, 6.45) is 8.98. The van der Waals surface area contributed by atoms with Crippen LogP contribution in [-0.4, -0.2) is 21.3 Å². The fourth-order valence-corrected chi connectivity index (χ4v) is 1.42. The van der Waals surface area contributed by atoms with Gasteiger partial charge in [0.1, 0.15) is 0 Å². The Labute approximate surface area is 83.1 Å². The minimum atomic E-state index is 0.00572. The van der Waals surface area contributed by atoms with Crippen molar-refractivity contribution in [1.82, 2.24) is 0 Å². The molecule has 0 radical (unpaired) electrons. The van der Waals surface area contributed by atoms with Crippen LogP contribution in [0.15, 0.2) is 0 Å². The number of unbranched alkanes of at least 4 members (excludes halogenated alkanes) is 5. The van der Waals surface area contributed by atoms with Gasteiger partial charge in [0.2, 0.25) is 0 Å². The molecule has 0 N–H and O–H groups in total. The molecule has 0 aromatic heterocycles. The summed E-state index contributed by atoms with van der Waals surface area (Å²) in [5.74, 6) is 0. The Bertz CT molecular complexity index is 94.9. The molecular formula is C10H23BO2. The fourth-order valence-electron chi connectivity index (χ4n) is 1.42. The lowest BCUT2D eigenvalue weighted by molar-refractivity contribution is 0.276. The van der Waals surface area contributed by atoms with Crippen LogP contribution in [0.3, 0.4) is 0 Å². The van der Waals surface area contributed by atoms with Crippen LogP contribution in [0.1, 0.15) is 45.4 Å². The first-order valence-corrected chi connectivity index (χ1v) is 5.40. The first-order valence-electron chi connectivity index (χ1n) is 5.40. The summed E-state index contributed by atoms with van der Waals surface area (Å²) < 4.78 is 10.2.